The molecule has 1 atom stereocenters. The van der Waals surface area contributed by atoms with Crippen LogP contribution in [-0.2, 0) is 9.59 Å². The highest BCUT2D eigenvalue weighted by atomic mass is 16.2. The Morgan fingerprint density at radius 3 is 2.52 bits per heavy atom. The molecule has 6 nitrogen and oxygen atoms in total. The van der Waals surface area contributed by atoms with Gasteiger partial charge in [-0.05, 0) is 63.8 Å². The number of hydrogen-bond acceptors (Lipinski definition) is 4. The molecule has 1 aromatic rings. The van der Waals surface area contributed by atoms with Crippen LogP contribution in [0.5, 0.6) is 0 Å². The van der Waals surface area contributed by atoms with Crippen LogP contribution in [-0.4, -0.2) is 42.4 Å². The Hall–Kier alpha value is -2.39. The molecule has 0 radical (unpaired) electrons. The first kappa shape index (κ1) is 18.9. The maximum absolute atomic E-state index is 12.2. The molecule has 1 saturated carbocycles. The lowest BCUT2D eigenvalue weighted by Gasteiger charge is -2.24. The molecule has 25 heavy (non-hydrogen) atoms. The third kappa shape index (κ3) is 5.04. The lowest BCUT2D eigenvalue weighted by Crippen LogP contribution is -2.50. The maximum atomic E-state index is 12.2. The van der Waals surface area contributed by atoms with Gasteiger partial charge in [0.25, 0.3) is 0 Å². The Labute approximate surface area is 149 Å². The molecule has 0 bridgehead atoms. The number of amides is 2. The van der Waals surface area contributed by atoms with Crippen molar-refractivity contribution in [3.05, 3.63) is 29.3 Å². The minimum atomic E-state index is -0.807. The lowest BCUT2D eigenvalue weighted by molar-refractivity contribution is -0.124. The van der Waals surface area contributed by atoms with Gasteiger partial charge in [0.05, 0.1) is 19.2 Å². The van der Waals surface area contributed by atoms with Crippen molar-refractivity contribution < 1.29 is 9.59 Å². The van der Waals surface area contributed by atoms with Crippen molar-refractivity contribution in [2.24, 2.45) is 5.92 Å². The fraction of sp³-hybridized carbons (Fsp3) is 0.526. The van der Waals surface area contributed by atoms with Gasteiger partial charge in [-0.15, -0.1) is 0 Å². The fourth-order valence-electron chi connectivity index (χ4n) is 2.83. The second-order valence-corrected chi connectivity index (χ2v) is 7.10. The second kappa shape index (κ2) is 7.66. The number of anilines is 1. The molecule has 1 aromatic carbocycles. The number of likely N-dealkylation sites (N-methyl/N-ethyl adjacent to an activating group) is 1. The van der Waals surface area contributed by atoms with Gasteiger partial charge in [0.15, 0.2) is 0 Å². The second-order valence-electron chi connectivity index (χ2n) is 7.10. The van der Waals surface area contributed by atoms with Crippen LogP contribution in [0.1, 0.15) is 30.9 Å². The minimum Gasteiger partial charge on any atom is -0.337 e. The predicted octanol–water partition coefficient (Wildman–Crippen LogP) is 1.98. The summed E-state index contributed by atoms with van der Waals surface area (Å²) < 4.78 is 0. The number of hydrogen-bond donors (Lipinski definition) is 2. The summed E-state index contributed by atoms with van der Waals surface area (Å²) in [5.74, 6) is -0.174. The number of carbonyl (C=O) groups excluding carboxylic acids is 2. The zero-order valence-corrected chi connectivity index (χ0v) is 15.3. The summed E-state index contributed by atoms with van der Waals surface area (Å²) in [6.07, 6.45) is 1.94. The van der Waals surface area contributed by atoms with E-state index in [1.54, 1.807) is 18.9 Å². The third-order valence-electron chi connectivity index (χ3n) is 4.73. The summed E-state index contributed by atoms with van der Waals surface area (Å²) in [7, 11) is 1.71. The van der Waals surface area contributed by atoms with Crippen LogP contribution in [0.15, 0.2) is 18.2 Å². The molecule has 0 unspecified atom stereocenters. The van der Waals surface area contributed by atoms with E-state index >= 15 is 0 Å². The van der Waals surface area contributed by atoms with E-state index in [-0.39, 0.29) is 30.8 Å². The van der Waals surface area contributed by atoms with Crippen LogP contribution < -0.4 is 10.6 Å². The normalized spacial score (nSPS) is 16.0. The van der Waals surface area contributed by atoms with Gasteiger partial charge in [-0.25, -0.2) is 0 Å². The van der Waals surface area contributed by atoms with Gasteiger partial charge < -0.3 is 10.6 Å². The first-order valence-corrected chi connectivity index (χ1v) is 8.52. The Morgan fingerprint density at radius 2 is 1.92 bits per heavy atom. The highest BCUT2D eigenvalue weighted by Crippen LogP contribution is 2.39. The van der Waals surface area contributed by atoms with Gasteiger partial charge in [0, 0.05) is 5.69 Å². The Kier molecular flexibility index (Phi) is 5.81. The van der Waals surface area contributed by atoms with Crippen LogP contribution in [0.3, 0.4) is 0 Å². The molecular weight excluding hydrogens is 316 g/mol. The molecule has 1 fully saturated rings. The maximum Gasteiger partial charge on any atom is 0.238 e. The largest absolute Gasteiger partial charge is 0.337 e. The topological polar surface area (TPSA) is 85.2 Å². The fourth-order valence-corrected chi connectivity index (χ4v) is 2.83. The van der Waals surface area contributed by atoms with E-state index in [0.29, 0.717) is 0 Å². The number of carbonyl (C=O) groups is 2. The van der Waals surface area contributed by atoms with Crippen LogP contribution >= 0.6 is 0 Å². The smallest absolute Gasteiger partial charge is 0.238 e. The van der Waals surface area contributed by atoms with E-state index < -0.39 is 5.54 Å². The summed E-state index contributed by atoms with van der Waals surface area (Å²) in [5.41, 5.74) is 2.12. The molecule has 0 aliphatic heterocycles. The highest BCUT2D eigenvalue weighted by molar-refractivity contribution is 5.93. The lowest BCUT2D eigenvalue weighted by atomic mass is 9.98. The molecule has 134 valence electrons. The van der Waals surface area contributed by atoms with Crippen molar-refractivity contribution in [2.45, 2.75) is 39.2 Å². The average Bonchev–Trinajstić information content (AvgIpc) is 3.36. The van der Waals surface area contributed by atoms with E-state index in [1.165, 1.54) is 0 Å². The van der Waals surface area contributed by atoms with Crippen LogP contribution in [0.2, 0.25) is 0 Å². The van der Waals surface area contributed by atoms with Gasteiger partial charge in [-0.2, -0.15) is 5.26 Å². The van der Waals surface area contributed by atoms with Crippen molar-refractivity contribution >= 4 is 17.5 Å². The van der Waals surface area contributed by atoms with E-state index in [2.05, 4.69) is 16.7 Å². The Balaban J connectivity index is 1.84. The zero-order valence-electron chi connectivity index (χ0n) is 15.3. The molecule has 6 heteroatoms. The van der Waals surface area contributed by atoms with Crippen molar-refractivity contribution in [1.82, 2.24) is 10.2 Å². The molecule has 0 heterocycles. The highest BCUT2D eigenvalue weighted by Gasteiger charge is 2.43. The quantitative estimate of drug-likeness (QED) is 0.793. The van der Waals surface area contributed by atoms with Crippen LogP contribution in [0.4, 0.5) is 5.69 Å². The summed E-state index contributed by atoms with van der Waals surface area (Å²) >= 11 is 0. The summed E-state index contributed by atoms with van der Waals surface area (Å²) in [4.78, 5) is 26.0. The molecule has 2 N–H and O–H groups in total. The average molecular weight is 342 g/mol. The summed E-state index contributed by atoms with van der Waals surface area (Å²) in [6.45, 7) is 5.89. The summed E-state index contributed by atoms with van der Waals surface area (Å²) in [5, 5.41) is 15.0. The van der Waals surface area contributed by atoms with E-state index in [0.717, 1.165) is 29.7 Å². The molecule has 1 aliphatic carbocycles. The molecule has 0 saturated heterocycles. The molecule has 2 rings (SSSR count). The molecule has 2 amide bonds. The monoisotopic (exact) mass is 342 g/mol. The third-order valence-corrected chi connectivity index (χ3v) is 4.73. The van der Waals surface area contributed by atoms with Crippen molar-refractivity contribution in [3.63, 3.8) is 0 Å². The van der Waals surface area contributed by atoms with Gasteiger partial charge in [-0.3, -0.25) is 14.5 Å². The van der Waals surface area contributed by atoms with Gasteiger partial charge in [0.2, 0.25) is 11.8 Å². The van der Waals surface area contributed by atoms with Crippen LogP contribution in [0.25, 0.3) is 0 Å². The Bertz CT molecular complexity index is 706. The summed E-state index contributed by atoms with van der Waals surface area (Å²) in [6, 6.07) is 7.95. The van der Waals surface area contributed by atoms with Crippen molar-refractivity contribution in [2.75, 3.05) is 25.5 Å². The molecule has 0 aromatic heterocycles. The van der Waals surface area contributed by atoms with E-state index in [9.17, 15) is 14.9 Å². The number of aryl methyl sites for hydroxylation is 1. The predicted molar refractivity (Wildman–Crippen MR) is 96.9 cm³/mol. The van der Waals surface area contributed by atoms with E-state index in [4.69, 9.17) is 0 Å². The molecule has 0 spiro atoms. The van der Waals surface area contributed by atoms with Crippen LogP contribution in [0, 0.1) is 31.1 Å². The van der Waals surface area contributed by atoms with Gasteiger partial charge in [0.1, 0.15) is 5.54 Å². The number of nitriles is 1. The Morgan fingerprint density at radius 1 is 1.28 bits per heavy atom. The first-order valence-electron chi connectivity index (χ1n) is 8.52. The minimum absolute atomic E-state index is 0.0736. The zero-order chi connectivity index (χ0) is 18.6. The number of nitrogens with zero attached hydrogens (tertiary/aromatic N) is 2. The van der Waals surface area contributed by atoms with Gasteiger partial charge in [-0.1, -0.05) is 12.1 Å². The van der Waals surface area contributed by atoms with Crippen molar-refractivity contribution in [1.29, 1.82) is 5.26 Å². The van der Waals surface area contributed by atoms with E-state index in [1.807, 2.05) is 32.0 Å². The van der Waals surface area contributed by atoms with Crippen molar-refractivity contribution in [3.8, 4) is 6.07 Å². The molecule has 1 aliphatic rings. The van der Waals surface area contributed by atoms with Gasteiger partial charge >= 0.3 is 0 Å². The number of nitrogens with one attached hydrogen (secondary N) is 2. The number of rotatable bonds is 7. The molecular formula is C19H26N4O2. The standard InChI is InChI=1S/C19H26N4O2/c1-13-6-5-7-16(14(13)2)21-17(24)10-23(4)11-18(25)22-19(3,12-20)15-8-9-15/h5-7,15H,8-11H2,1-4H3,(H,21,24)(H,22,25)/t19-/m1/s1. The first-order chi connectivity index (χ1) is 11.7. The SMILES string of the molecule is Cc1cccc(NC(=O)CN(C)CC(=O)N[C@](C)(C#N)C2CC2)c1C. The number of benzene rings is 1.